The Labute approximate surface area is 236 Å². The minimum absolute atomic E-state index is 0.334. The van der Waals surface area contributed by atoms with Crippen LogP contribution in [0.25, 0.3) is 71.6 Å². The van der Waals surface area contributed by atoms with Gasteiger partial charge in [-0.15, -0.1) is 0 Å². The van der Waals surface area contributed by atoms with Crippen molar-refractivity contribution in [1.29, 1.82) is 0 Å². The molecule has 0 fully saturated rings. The van der Waals surface area contributed by atoms with Crippen LogP contribution in [0.3, 0.4) is 0 Å². The van der Waals surface area contributed by atoms with Gasteiger partial charge in [-0.3, -0.25) is 0 Å². The summed E-state index contributed by atoms with van der Waals surface area (Å²) in [6.45, 7) is 0. The highest BCUT2D eigenvalue weighted by atomic mass is 32.2. The molecule has 0 unspecified atom stereocenters. The Morgan fingerprint density at radius 1 is 0.463 bits per heavy atom. The summed E-state index contributed by atoms with van der Waals surface area (Å²) in [4.78, 5) is 0.334. The van der Waals surface area contributed by atoms with E-state index in [9.17, 15) is 8.42 Å². The van der Waals surface area contributed by atoms with Crippen LogP contribution in [-0.2, 0) is 10.0 Å². The molecule has 0 radical (unpaired) electrons. The topological polar surface area (TPSA) is 44.0 Å². The van der Waals surface area contributed by atoms with Crippen LogP contribution in [-0.4, -0.2) is 17.0 Å². The summed E-state index contributed by atoms with van der Waals surface area (Å²) in [7, 11) is -3.84. The van der Waals surface area contributed by atoms with E-state index in [1.165, 1.54) is 0 Å². The quantitative estimate of drug-likeness (QED) is 0.218. The maximum Gasteiger partial charge on any atom is 0.269 e. The predicted octanol–water partition coefficient (Wildman–Crippen LogP) is 8.78. The molecule has 0 N–H and O–H groups in total. The number of hydrogen-bond acceptors (Lipinski definition) is 2. The Hall–Kier alpha value is -5.13. The first-order valence-corrected chi connectivity index (χ1v) is 15.1. The van der Waals surface area contributed by atoms with Crippen LogP contribution in [0, 0.1) is 0 Å². The summed E-state index contributed by atoms with van der Waals surface area (Å²) in [5, 5.41) is 4.10. The molecular formula is C36H22N2O2S. The average molecular weight is 547 g/mol. The van der Waals surface area contributed by atoms with Crippen molar-refractivity contribution in [2.45, 2.75) is 4.90 Å². The largest absolute Gasteiger partial charge is 0.309 e. The van der Waals surface area contributed by atoms with Gasteiger partial charge in [0.15, 0.2) is 0 Å². The molecule has 2 aromatic heterocycles. The van der Waals surface area contributed by atoms with Crippen LogP contribution < -0.4 is 0 Å². The minimum Gasteiger partial charge on any atom is -0.309 e. The van der Waals surface area contributed by atoms with Crippen molar-refractivity contribution >= 4 is 53.6 Å². The lowest BCUT2D eigenvalue weighted by Gasteiger charge is -2.21. The lowest BCUT2D eigenvalue weighted by molar-refractivity contribution is 0.590. The molecule has 41 heavy (non-hydrogen) atoms. The van der Waals surface area contributed by atoms with E-state index in [4.69, 9.17) is 0 Å². The summed E-state index contributed by atoms with van der Waals surface area (Å²) in [6.07, 6.45) is 0. The van der Waals surface area contributed by atoms with E-state index < -0.39 is 10.0 Å². The fraction of sp³-hybridized carbons (Fsp3) is 0. The zero-order valence-corrected chi connectivity index (χ0v) is 22.6. The first kappa shape index (κ1) is 22.7. The van der Waals surface area contributed by atoms with E-state index in [-0.39, 0.29) is 0 Å². The van der Waals surface area contributed by atoms with Gasteiger partial charge in [-0.05, 0) is 59.7 Å². The third-order valence-corrected chi connectivity index (χ3v) is 10.2. The number of aromatic nitrogens is 2. The molecule has 0 aliphatic carbocycles. The van der Waals surface area contributed by atoms with Crippen LogP contribution in [0.15, 0.2) is 138 Å². The number of hydrogen-bond donors (Lipinski definition) is 0. The molecule has 0 saturated heterocycles. The van der Waals surface area contributed by atoms with Gasteiger partial charge in [-0.2, -0.15) is 0 Å². The highest BCUT2D eigenvalue weighted by molar-refractivity contribution is 7.90. The van der Waals surface area contributed by atoms with E-state index in [0.717, 1.165) is 66.0 Å². The Kier molecular flexibility index (Phi) is 4.40. The van der Waals surface area contributed by atoms with Crippen LogP contribution in [0.5, 0.6) is 0 Å². The monoisotopic (exact) mass is 546 g/mol. The fourth-order valence-electron chi connectivity index (χ4n) is 6.69. The number of nitrogens with zero attached hydrogens (tertiary/aromatic N) is 2. The molecule has 0 spiro atoms. The molecular weight excluding hydrogens is 524 g/mol. The zero-order chi connectivity index (χ0) is 27.3. The standard InChI is InChI=1S/C36H22N2O2S/c39-41(40)35-18-10-8-16-27(35)30-19-24(23-11-3-1-4-12-23)20-31-29-21-28-26-15-7-9-17-32(26)37(25-13-5-2-6-14-25)33(28)22-34(29)38(41)36(30)31/h1-22H. The molecule has 3 heterocycles. The van der Waals surface area contributed by atoms with Gasteiger partial charge >= 0.3 is 0 Å². The molecule has 194 valence electrons. The number of fused-ring (bicyclic) bond motifs is 8. The van der Waals surface area contributed by atoms with Crippen molar-refractivity contribution in [2.24, 2.45) is 0 Å². The summed E-state index contributed by atoms with van der Waals surface area (Å²) in [6, 6.07) is 44.8. The van der Waals surface area contributed by atoms with Crippen LogP contribution in [0.4, 0.5) is 0 Å². The van der Waals surface area contributed by atoms with Crippen LogP contribution in [0.1, 0.15) is 0 Å². The molecule has 0 saturated carbocycles. The highest BCUT2D eigenvalue weighted by Gasteiger charge is 2.33. The third-order valence-electron chi connectivity index (χ3n) is 8.43. The van der Waals surface area contributed by atoms with Gasteiger partial charge in [-0.1, -0.05) is 84.9 Å². The molecule has 9 rings (SSSR count). The molecule has 4 nitrogen and oxygen atoms in total. The van der Waals surface area contributed by atoms with Gasteiger partial charge in [-0.25, -0.2) is 12.4 Å². The first-order chi connectivity index (χ1) is 20.1. The van der Waals surface area contributed by atoms with Gasteiger partial charge < -0.3 is 4.57 Å². The maximum absolute atomic E-state index is 14.3. The normalized spacial score (nSPS) is 13.8. The van der Waals surface area contributed by atoms with Crippen molar-refractivity contribution < 1.29 is 8.42 Å². The van der Waals surface area contributed by atoms with Crippen molar-refractivity contribution in [3.63, 3.8) is 0 Å². The zero-order valence-electron chi connectivity index (χ0n) is 21.8. The second-order valence-electron chi connectivity index (χ2n) is 10.6. The number of rotatable bonds is 2. The fourth-order valence-corrected chi connectivity index (χ4v) is 8.44. The van der Waals surface area contributed by atoms with Crippen LogP contribution in [0.2, 0.25) is 0 Å². The molecule has 1 aliphatic rings. The molecule has 0 atom stereocenters. The minimum atomic E-state index is -3.84. The summed E-state index contributed by atoms with van der Waals surface area (Å²) in [5.41, 5.74) is 8.36. The Morgan fingerprint density at radius 2 is 1.15 bits per heavy atom. The summed E-state index contributed by atoms with van der Waals surface area (Å²) >= 11 is 0. The molecule has 5 heteroatoms. The van der Waals surface area contributed by atoms with Gasteiger partial charge in [0.1, 0.15) is 0 Å². The van der Waals surface area contributed by atoms with Crippen molar-refractivity contribution in [3.8, 4) is 27.9 Å². The van der Waals surface area contributed by atoms with E-state index >= 15 is 0 Å². The van der Waals surface area contributed by atoms with E-state index in [2.05, 4.69) is 71.3 Å². The smallest absolute Gasteiger partial charge is 0.269 e. The second-order valence-corrected chi connectivity index (χ2v) is 12.4. The maximum atomic E-state index is 14.3. The van der Waals surface area contributed by atoms with E-state index in [1.54, 1.807) is 16.1 Å². The molecule has 0 amide bonds. The lowest BCUT2D eigenvalue weighted by atomic mass is 9.95. The van der Waals surface area contributed by atoms with Gasteiger partial charge in [0.05, 0.1) is 27.0 Å². The number of benzene rings is 6. The van der Waals surface area contributed by atoms with Crippen molar-refractivity contribution in [1.82, 2.24) is 8.54 Å². The van der Waals surface area contributed by atoms with Gasteiger partial charge in [0.2, 0.25) is 0 Å². The van der Waals surface area contributed by atoms with Crippen LogP contribution >= 0.6 is 0 Å². The third kappa shape index (κ3) is 2.96. The first-order valence-electron chi connectivity index (χ1n) is 13.6. The van der Waals surface area contributed by atoms with Gasteiger partial charge in [0.25, 0.3) is 10.0 Å². The van der Waals surface area contributed by atoms with Gasteiger partial charge in [0, 0.05) is 38.4 Å². The Morgan fingerprint density at radius 3 is 1.98 bits per heavy atom. The van der Waals surface area contributed by atoms with E-state index in [0.29, 0.717) is 10.4 Å². The number of para-hydroxylation sites is 2. The average Bonchev–Trinajstić information content (AvgIpc) is 3.52. The van der Waals surface area contributed by atoms with Crippen molar-refractivity contribution in [3.05, 3.63) is 133 Å². The van der Waals surface area contributed by atoms with Crippen molar-refractivity contribution in [2.75, 3.05) is 0 Å². The molecule has 8 aromatic rings. The summed E-state index contributed by atoms with van der Waals surface area (Å²) < 4.78 is 32.5. The SMILES string of the molecule is O=S1(=O)c2ccccc2-c2cc(-c3ccccc3)cc3c4cc5c6ccccc6n(-c6ccccc6)c5cc4n1c23. The summed E-state index contributed by atoms with van der Waals surface area (Å²) in [5.74, 6) is 0. The Bertz CT molecular complexity index is 2470. The predicted molar refractivity (Wildman–Crippen MR) is 167 cm³/mol. The Balaban J connectivity index is 1.52. The lowest BCUT2D eigenvalue weighted by Crippen LogP contribution is -2.17. The molecule has 1 aliphatic heterocycles. The van der Waals surface area contributed by atoms with E-state index in [1.807, 2.05) is 54.6 Å². The second kappa shape index (κ2) is 7.96. The molecule has 6 aromatic carbocycles. The molecule has 0 bridgehead atoms. The highest BCUT2D eigenvalue weighted by Crippen LogP contribution is 2.48.